The summed E-state index contributed by atoms with van der Waals surface area (Å²) in [6, 6.07) is 4.92. The van der Waals surface area contributed by atoms with E-state index in [1.165, 1.54) is 6.07 Å². The van der Waals surface area contributed by atoms with Gasteiger partial charge in [0.1, 0.15) is 0 Å². The summed E-state index contributed by atoms with van der Waals surface area (Å²) < 4.78 is 37.4. The average molecular weight is 245 g/mol. The number of aliphatic hydroxyl groups is 1. The number of anilines is 1. The Balaban J connectivity index is 2.11. The van der Waals surface area contributed by atoms with Crippen LogP contribution < -0.4 is 5.32 Å². The van der Waals surface area contributed by atoms with Gasteiger partial charge in [-0.25, -0.2) is 0 Å². The SMILES string of the molecule is O[C@@H]1CCC[C@H]1Nc1cccc(C(F)(F)F)c1. The Kier molecular flexibility index (Phi) is 3.28. The van der Waals surface area contributed by atoms with Crippen molar-refractivity contribution >= 4 is 5.69 Å². The number of alkyl halides is 3. The molecule has 0 bridgehead atoms. The lowest BCUT2D eigenvalue weighted by molar-refractivity contribution is -0.137. The van der Waals surface area contributed by atoms with Crippen LogP contribution >= 0.6 is 0 Å². The molecule has 1 aromatic rings. The predicted octanol–water partition coefficient (Wildman–Crippen LogP) is 3.03. The van der Waals surface area contributed by atoms with Crippen molar-refractivity contribution in [2.75, 3.05) is 5.32 Å². The minimum absolute atomic E-state index is 0.140. The summed E-state index contributed by atoms with van der Waals surface area (Å²) in [6.07, 6.45) is -2.40. The summed E-state index contributed by atoms with van der Waals surface area (Å²) in [5, 5.41) is 12.5. The fourth-order valence-corrected chi connectivity index (χ4v) is 2.11. The van der Waals surface area contributed by atoms with Gasteiger partial charge in [0.05, 0.1) is 17.7 Å². The molecule has 1 saturated carbocycles. The van der Waals surface area contributed by atoms with Crippen LogP contribution in [0.15, 0.2) is 24.3 Å². The third-order valence-electron chi connectivity index (χ3n) is 3.02. The third-order valence-corrected chi connectivity index (χ3v) is 3.02. The minimum Gasteiger partial charge on any atom is -0.391 e. The predicted molar refractivity (Wildman–Crippen MR) is 58.7 cm³/mol. The van der Waals surface area contributed by atoms with Gasteiger partial charge >= 0.3 is 6.18 Å². The van der Waals surface area contributed by atoms with Crippen LogP contribution in [0.5, 0.6) is 0 Å². The maximum absolute atomic E-state index is 12.5. The second-order valence-electron chi connectivity index (χ2n) is 4.33. The molecular weight excluding hydrogens is 231 g/mol. The Morgan fingerprint density at radius 1 is 1.24 bits per heavy atom. The van der Waals surface area contributed by atoms with E-state index in [4.69, 9.17) is 0 Å². The lowest BCUT2D eigenvalue weighted by Gasteiger charge is -2.18. The zero-order chi connectivity index (χ0) is 12.5. The fraction of sp³-hybridized carbons (Fsp3) is 0.500. The van der Waals surface area contributed by atoms with Gasteiger partial charge in [0, 0.05) is 5.69 Å². The number of rotatable bonds is 2. The van der Waals surface area contributed by atoms with Crippen molar-refractivity contribution in [3.8, 4) is 0 Å². The Labute approximate surface area is 97.5 Å². The van der Waals surface area contributed by atoms with Crippen LogP contribution in [0.1, 0.15) is 24.8 Å². The number of halogens is 3. The summed E-state index contributed by atoms with van der Waals surface area (Å²) in [5.41, 5.74) is -0.263. The number of hydrogen-bond acceptors (Lipinski definition) is 2. The van der Waals surface area contributed by atoms with Gasteiger partial charge in [-0.1, -0.05) is 6.07 Å². The smallest absolute Gasteiger partial charge is 0.391 e. The monoisotopic (exact) mass is 245 g/mol. The molecule has 0 amide bonds. The lowest BCUT2D eigenvalue weighted by Crippen LogP contribution is -2.27. The number of nitrogens with one attached hydrogen (secondary N) is 1. The van der Waals surface area contributed by atoms with E-state index in [-0.39, 0.29) is 6.04 Å². The Morgan fingerprint density at radius 3 is 2.59 bits per heavy atom. The highest BCUT2D eigenvalue weighted by Gasteiger charge is 2.31. The molecule has 0 spiro atoms. The molecule has 0 radical (unpaired) electrons. The first kappa shape index (κ1) is 12.2. The van der Waals surface area contributed by atoms with Crippen molar-refractivity contribution in [1.29, 1.82) is 0 Å². The molecule has 1 aliphatic rings. The number of hydrogen-bond donors (Lipinski definition) is 2. The minimum atomic E-state index is -4.33. The molecule has 94 valence electrons. The first-order valence-corrected chi connectivity index (χ1v) is 5.59. The second-order valence-corrected chi connectivity index (χ2v) is 4.33. The Bertz CT molecular complexity index is 392. The van der Waals surface area contributed by atoms with E-state index in [0.29, 0.717) is 12.1 Å². The largest absolute Gasteiger partial charge is 0.416 e. The van der Waals surface area contributed by atoms with Gasteiger partial charge in [-0.15, -0.1) is 0 Å². The first-order valence-electron chi connectivity index (χ1n) is 5.59. The molecule has 2 atom stereocenters. The molecule has 1 aromatic carbocycles. The average Bonchev–Trinajstić information content (AvgIpc) is 2.64. The molecule has 0 heterocycles. The Morgan fingerprint density at radius 2 is 2.00 bits per heavy atom. The highest BCUT2D eigenvalue weighted by molar-refractivity contribution is 5.47. The summed E-state index contributed by atoms with van der Waals surface area (Å²) in [5.74, 6) is 0. The molecule has 0 saturated heterocycles. The maximum Gasteiger partial charge on any atom is 0.416 e. The second kappa shape index (κ2) is 4.56. The van der Waals surface area contributed by atoms with Crippen LogP contribution in [0.3, 0.4) is 0 Å². The molecular formula is C12H14F3NO. The number of aliphatic hydroxyl groups excluding tert-OH is 1. The van der Waals surface area contributed by atoms with Crippen LogP contribution in [0.2, 0.25) is 0 Å². The zero-order valence-corrected chi connectivity index (χ0v) is 9.17. The van der Waals surface area contributed by atoms with Gasteiger partial charge in [0.15, 0.2) is 0 Å². The van der Waals surface area contributed by atoms with Crippen molar-refractivity contribution in [2.45, 2.75) is 37.6 Å². The molecule has 2 nitrogen and oxygen atoms in total. The van der Waals surface area contributed by atoms with E-state index in [1.54, 1.807) is 6.07 Å². The normalized spacial score (nSPS) is 24.9. The quantitative estimate of drug-likeness (QED) is 0.839. The lowest BCUT2D eigenvalue weighted by atomic mass is 10.1. The molecule has 0 unspecified atom stereocenters. The molecule has 1 aliphatic carbocycles. The molecule has 0 aromatic heterocycles. The van der Waals surface area contributed by atoms with Crippen LogP contribution in [0, 0.1) is 0 Å². The van der Waals surface area contributed by atoms with Crippen molar-refractivity contribution in [1.82, 2.24) is 0 Å². The highest BCUT2D eigenvalue weighted by Crippen LogP contribution is 2.31. The van der Waals surface area contributed by atoms with Crippen molar-refractivity contribution in [2.24, 2.45) is 0 Å². The van der Waals surface area contributed by atoms with Crippen LogP contribution in [0.4, 0.5) is 18.9 Å². The summed E-state index contributed by atoms with van der Waals surface area (Å²) >= 11 is 0. The fourth-order valence-electron chi connectivity index (χ4n) is 2.11. The van der Waals surface area contributed by atoms with Crippen molar-refractivity contribution in [3.05, 3.63) is 29.8 Å². The zero-order valence-electron chi connectivity index (χ0n) is 9.17. The molecule has 17 heavy (non-hydrogen) atoms. The third kappa shape index (κ3) is 2.91. The number of benzene rings is 1. The molecule has 0 aliphatic heterocycles. The standard InChI is InChI=1S/C12H14F3NO/c13-12(14,15)8-3-1-4-9(7-8)16-10-5-2-6-11(10)17/h1,3-4,7,10-11,16-17H,2,5-6H2/t10-,11-/m1/s1. The van der Waals surface area contributed by atoms with E-state index in [9.17, 15) is 18.3 Å². The van der Waals surface area contributed by atoms with E-state index < -0.39 is 17.8 Å². The van der Waals surface area contributed by atoms with Gasteiger partial charge in [0.25, 0.3) is 0 Å². The molecule has 1 fully saturated rings. The van der Waals surface area contributed by atoms with Crippen LogP contribution in [-0.2, 0) is 6.18 Å². The van der Waals surface area contributed by atoms with Gasteiger partial charge in [-0.3, -0.25) is 0 Å². The highest BCUT2D eigenvalue weighted by atomic mass is 19.4. The molecule has 2 N–H and O–H groups in total. The topological polar surface area (TPSA) is 32.3 Å². The summed E-state index contributed by atoms with van der Waals surface area (Å²) in [6.45, 7) is 0. The van der Waals surface area contributed by atoms with Crippen molar-refractivity contribution in [3.63, 3.8) is 0 Å². The first-order chi connectivity index (χ1) is 7.97. The maximum atomic E-state index is 12.5. The van der Waals surface area contributed by atoms with E-state index in [0.717, 1.165) is 25.0 Å². The molecule has 5 heteroatoms. The summed E-state index contributed by atoms with van der Waals surface area (Å²) in [7, 11) is 0. The van der Waals surface area contributed by atoms with Gasteiger partial charge in [-0.05, 0) is 37.5 Å². The van der Waals surface area contributed by atoms with E-state index >= 15 is 0 Å². The van der Waals surface area contributed by atoms with Crippen LogP contribution in [-0.4, -0.2) is 17.3 Å². The van der Waals surface area contributed by atoms with Gasteiger partial charge < -0.3 is 10.4 Å². The summed E-state index contributed by atoms with van der Waals surface area (Å²) in [4.78, 5) is 0. The van der Waals surface area contributed by atoms with Crippen LogP contribution in [0.25, 0.3) is 0 Å². The van der Waals surface area contributed by atoms with E-state index in [2.05, 4.69) is 5.32 Å². The Hall–Kier alpha value is -1.23. The van der Waals surface area contributed by atoms with Crippen molar-refractivity contribution < 1.29 is 18.3 Å². The molecule has 2 rings (SSSR count). The van der Waals surface area contributed by atoms with Gasteiger partial charge in [0.2, 0.25) is 0 Å². The van der Waals surface area contributed by atoms with Gasteiger partial charge in [-0.2, -0.15) is 13.2 Å². The van der Waals surface area contributed by atoms with E-state index in [1.807, 2.05) is 0 Å².